The van der Waals surface area contributed by atoms with Gasteiger partial charge in [-0.1, -0.05) is 35.9 Å². The highest BCUT2D eigenvalue weighted by molar-refractivity contribution is 6.51. The summed E-state index contributed by atoms with van der Waals surface area (Å²) in [5.74, 6) is -1.50. The highest BCUT2D eigenvalue weighted by atomic mass is 16.3. The monoisotopic (exact) mass is 438 g/mol. The molecule has 1 saturated heterocycles. The van der Waals surface area contributed by atoms with E-state index in [1.807, 2.05) is 56.3 Å². The van der Waals surface area contributed by atoms with Crippen LogP contribution >= 0.6 is 0 Å². The van der Waals surface area contributed by atoms with Gasteiger partial charge in [-0.3, -0.25) is 19.5 Å². The predicted octanol–water partition coefficient (Wildman–Crippen LogP) is 5.20. The number of Topliss-reactive ketones (excluding diaryl/α,β-unsaturated/α-hetero) is 1. The van der Waals surface area contributed by atoms with Crippen LogP contribution in [0, 0.1) is 13.8 Å². The number of aryl methyl sites for hydroxylation is 4. The maximum absolute atomic E-state index is 13.3. The number of hydrogen-bond donors (Lipinski definition) is 1. The number of rotatable bonds is 3. The summed E-state index contributed by atoms with van der Waals surface area (Å²) in [7, 11) is 0. The van der Waals surface area contributed by atoms with Gasteiger partial charge in [0.25, 0.3) is 11.7 Å². The van der Waals surface area contributed by atoms with E-state index in [1.165, 1.54) is 22.4 Å². The lowest BCUT2D eigenvalue weighted by molar-refractivity contribution is -0.132. The Kier molecular flexibility index (Phi) is 5.33. The Balaban J connectivity index is 1.70. The molecule has 0 spiro atoms. The first-order valence-electron chi connectivity index (χ1n) is 11.4. The van der Waals surface area contributed by atoms with Crippen LogP contribution in [-0.4, -0.2) is 21.8 Å². The van der Waals surface area contributed by atoms with E-state index < -0.39 is 17.7 Å². The lowest BCUT2D eigenvalue weighted by Crippen LogP contribution is -2.30. The Morgan fingerprint density at radius 3 is 2.48 bits per heavy atom. The van der Waals surface area contributed by atoms with E-state index in [0.717, 1.165) is 30.4 Å². The Hall–Kier alpha value is -3.73. The van der Waals surface area contributed by atoms with Gasteiger partial charge in [-0.05, 0) is 80.5 Å². The number of anilines is 1. The molecule has 0 saturated carbocycles. The molecular weight excluding hydrogens is 412 g/mol. The number of fused-ring (bicyclic) bond motifs is 1. The zero-order valence-corrected chi connectivity index (χ0v) is 18.8. The van der Waals surface area contributed by atoms with Crippen LogP contribution in [0.2, 0.25) is 0 Å². The number of carbonyl (C=O) groups excluding carboxylic acids is 2. The van der Waals surface area contributed by atoms with Gasteiger partial charge in [0.1, 0.15) is 11.8 Å². The number of pyridine rings is 1. The lowest BCUT2D eigenvalue weighted by atomic mass is 9.89. The van der Waals surface area contributed by atoms with Gasteiger partial charge in [-0.2, -0.15) is 0 Å². The van der Waals surface area contributed by atoms with Gasteiger partial charge < -0.3 is 5.11 Å². The van der Waals surface area contributed by atoms with Crippen LogP contribution in [0.15, 0.2) is 66.4 Å². The summed E-state index contributed by atoms with van der Waals surface area (Å²) in [4.78, 5) is 32.6. The molecule has 5 heteroatoms. The van der Waals surface area contributed by atoms with Crippen molar-refractivity contribution in [2.24, 2.45) is 0 Å². The summed E-state index contributed by atoms with van der Waals surface area (Å²) < 4.78 is 0. The second kappa shape index (κ2) is 8.32. The molecule has 3 aromatic rings. The fourth-order valence-corrected chi connectivity index (χ4v) is 5.01. The van der Waals surface area contributed by atoms with E-state index in [9.17, 15) is 14.7 Å². The third-order valence-electron chi connectivity index (χ3n) is 6.65. The molecule has 5 nitrogen and oxygen atoms in total. The van der Waals surface area contributed by atoms with Gasteiger partial charge in [0, 0.05) is 17.4 Å². The maximum atomic E-state index is 13.3. The van der Waals surface area contributed by atoms with E-state index in [1.54, 1.807) is 18.3 Å². The number of aromatic nitrogens is 1. The summed E-state index contributed by atoms with van der Waals surface area (Å²) in [6.45, 7) is 3.90. The van der Waals surface area contributed by atoms with Crippen LogP contribution in [0.4, 0.5) is 5.69 Å². The highest BCUT2D eigenvalue weighted by Gasteiger charge is 2.48. The molecule has 0 bridgehead atoms. The van der Waals surface area contributed by atoms with Crippen LogP contribution in [0.5, 0.6) is 0 Å². The molecule has 166 valence electrons. The van der Waals surface area contributed by atoms with Crippen molar-refractivity contribution in [3.05, 3.63) is 99.9 Å². The Labute approximate surface area is 193 Å². The molecule has 1 aliphatic heterocycles. The largest absolute Gasteiger partial charge is 0.507 e. The summed E-state index contributed by atoms with van der Waals surface area (Å²) in [6.07, 6.45) is 5.90. The standard InChI is InChI=1S/C28H26N2O3/c1-17-10-13-23(18(2)15-17)30-25(22-9-5-6-14-29-22)24(27(32)28(30)33)26(31)21-12-11-19-7-3-4-8-20(19)16-21/h5-6,9-16,25,31H,3-4,7-8H2,1-2H3/b26-24-. The zero-order valence-electron chi connectivity index (χ0n) is 18.8. The topological polar surface area (TPSA) is 70.5 Å². The predicted molar refractivity (Wildman–Crippen MR) is 128 cm³/mol. The molecule has 1 atom stereocenters. The molecule has 2 heterocycles. The fourth-order valence-electron chi connectivity index (χ4n) is 5.01. The second-order valence-corrected chi connectivity index (χ2v) is 8.90. The summed E-state index contributed by atoms with van der Waals surface area (Å²) in [5, 5.41) is 11.4. The van der Waals surface area contributed by atoms with Crippen LogP contribution in [0.3, 0.4) is 0 Å². The minimum absolute atomic E-state index is 0.0782. The van der Waals surface area contributed by atoms with E-state index in [2.05, 4.69) is 4.98 Å². The van der Waals surface area contributed by atoms with Crippen molar-refractivity contribution in [2.45, 2.75) is 45.6 Å². The molecule has 1 unspecified atom stereocenters. The highest BCUT2D eigenvalue weighted by Crippen LogP contribution is 2.42. The summed E-state index contributed by atoms with van der Waals surface area (Å²) in [6, 6.07) is 16.2. The van der Waals surface area contributed by atoms with Gasteiger partial charge in [0.15, 0.2) is 0 Å². The Bertz CT molecular complexity index is 1290. The average Bonchev–Trinajstić information content (AvgIpc) is 3.09. The molecule has 2 aliphatic rings. The van der Waals surface area contributed by atoms with E-state index in [4.69, 9.17) is 0 Å². The van der Waals surface area contributed by atoms with Crippen LogP contribution in [0.25, 0.3) is 5.76 Å². The second-order valence-electron chi connectivity index (χ2n) is 8.90. The van der Waals surface area contributed by atoms with Crippen molar-refractivity contribution in [3.8, 4) is 0 Å². The molecule has 2 aromatic carbocycles. The minimum Gasteiger partial charge on any atom is -0.507 e. The molecule has 0 radical (unpaired) electrons. The Morgan fingerprint density at radius 2 is 1.76 bits per heavy atom. The number of hydrogen-bond acceptors (Lipinski definition) is 4. The number of carbonyl (C=O) groups is 2. The van der Waals surface area contributed by atoms with Crippen molar-refractivity contribution in [1.82, 2.24) is 4.98 Å². The fraction of sp³-hybridized carbons (Fsp3) is 0.250. The number of aliphatic hydroxyl groups is 1. The molecule has 1 amide bonds. The molecule has 1 N–H and O–H groups in total. The molecule has 5 rings (SSSR count). The quantitative estimate of drug-likeness (QED) is 0.346. The Morgan fingerprint density at radius 1 is 0.970 bits per heavy atom. The van der Waals surface area contributed by atoms with Crippen molar-refractivity contribution >= 4 is 23.1 Å². The molecule has 33 heavy (non-hydrogen) atoms. The van der Waals surface area contributed by atoms with Crippen LogP contribution < -0.4 is 4.90 Å². The first kappa shape index (κ1) is 21.1. The number of benzene rings is 2. The lowest BCUT2D eigenvalue weighted by Gasteiger charge is -2.26. The number of aliphatic hydroxyl groups excluding tert-OH is 1. The third-order valence-corrected chi connectivity index (χ3v) is 6.65. The van der Waals surface area contributed by atoms with Gasteiger partial charge in [0.2, 0.25) is 0 Å². The number of nitrogens with zero attached hydrogens (tertiary/aromatic N) is 2. The molecule has 1 aromatic heterocycles. The maximum Gasteiger partial charge on any atom is 0.300 e. The van der Waals surface area contributed by atoms with Gasteiger partial charge in [0.05, 0.1) is 11.3 Å². The van der Waals surface area contributed by atoms with E-state index >= 15 is 0 Å². The third kappa shape index (κ3) is 3.63. The first-order valence-corrected chi connectivity index (χ1v) is 11.4. The zero-order chi connectivity index (χ0) is 23.1. The van der Waals surface area contributed by atoms with E-state index in [-0.39, 0.29) is 11.3 Å². The van der Waals surface area contributed by atoms with Crippen LogP contribution in [0.1, 0.15) is 52.4 Å². The van der Waals surface area contributed by atoms with Crippen LogP contribution in [-0.2, 0) is 22.4 Å². The smallest absolute Gasteiger partial charge is 0.300 e. The van der Waals surface area contributed by atoms with Crippen molar-refractivity contribution in [3.63, 3.8) is 0 Å². The summed E-state index contributed by atoms with van der Waals surface area (Å²) in [5.41, 5.74) is 6.25. The van der Waals surface area contributed by atoms with Gasteiger partial charge >= 0.3 is 0 Å². The minimum atomic E-state index is -0.802. The van der Waals surface area contributed by atoms with Crippen molar-refractivity contribution in [1.29, 1.82) is 0 Å². The number of amides is 1. The van der Waals surface area contributed by atoms with Crippen molar-refractivity contribution in [2.75, 3.05) is 4.90 Å². The number of ketones is 1. The van der Waals surface area contributed by atoms with E-state index in [0.29, 0.717) is 16.9 Å². The normalized spacial score (nSPS) is 19.6. The SMILES string of the molecule is Cc1ccc(N2C(=O)C(=O)/C(=C(\O)c3ccc4c(c3)CCCC4)C2c2ccccn2)c(C)c1. The average molecular weight is 439 g/mol. The first-order chi connectivity index (χ1) is 16.0. The molecular formula is C28H26N2O3. The van der Waals surface area contributed by atoms with Gasteiger partial charge in [-0.25, -0.2) is 0 Å². The molecule has 1 fully saturated rings. The van der Waals surface area contributed by atoms with Gasteiger partial charge in [-0.15, -0.1) is 0 Å². The molecule has 1 aliphatic carbocycles. The van der Waals surface area contributed by atoms with Crippen molar-refractivity contribution < 1.29 is 14.7 Å². The summed E-state index contributed by atoms with van der Waals surface area (Å²) >= 11 is 0.